The Bertz CT molecular complexity index is 1160. The number of halogens is 3. The van der Waals surface area contributed by atoms with Crippen LogP contribution in [0.25, 0.3) is 0 Å². The second-order valence-electron chi connectivity index (χ2n) is 11.4. The maximum absolute atomic E-state index is 18.0. The molecule has 39 heavy (non-hydrogen) atoms. The van der Waals surface area contributed by atoms with Gasteiger partial charge < -0.3 is 19.3 Å². The van der Waals surface area contributed by atoms with E-state index in [0.29, 0.717) is 6.42 Å². The molecule has 4 aliphatic carbocycles. The van der Waals surface area contributed by atoms with Crippen molar-refractivity contribution in [1.82, 2.24) is 0 Å². The predicted octanol–water partition coefficient (Wildman–Crippen LogP) is 4.53. The van der Waals surface area contributed by atoms with Gasteiger partial charge in [-0.25, -0.2) is 17.7 Å². The Kier molecular flexibility index (Phi) is 8.26. The first-order valence-electron chi connectivity index (χ1n) is 13.0. The van der Waals surface area contributed by atoms with Crippen LogP contribution in [0.4, 0.5) is 13.2 Å². The highest BCUT2D eigenvalue weighted by Crippen LogP contribution is 2.71. The molecule has 0 radical (unpaired) electrons. The van der Waals surface area contributed by atoms with Gasteiger partial charge in [0.1, 0.15) is 17.8 Å². The van der Waals surface area contributed by atoms with Gasteiger partial charge in [-0.1, -0.05) is 26.8 Å². The van der Waals surface area contributed by atoms with Gasteiger partial charge in [0, 0.05) is 29.1 Å². The van der Waals surface area contributed by atoms with E-state index in [9.17, 15) is 28.3 Å². The average molecular weight is 597 g/mol. The van der Waals surface area contributed by atoms with Crippen LogP contribution in [0.5, 0.6) is 0 Å². The highest BCUT2D eigenvalue weighted by atomic mass is 32.1. The number of carbonyl (C=O) groups is 2. The number of hydrogen-bond donors (Lipinski definition) is 3. The van der Waals surface area contributed by atoms with Crippen molar-refractivity contribution >= 4 is 36.3 Å². The Labute approximate surface area is 229 Å². The van der Waals surface area contributed by atoms with Crippen LogP contribution in [-0.4, -0.2) is 63.3 Å². The lowest BCUT2D eigenvalue weighted by Gasteiger charge is -2.64. The quantitative estimate of drug-likeness (QED) is 0.123. The van der Waals surface area contributed by atoms with Gasteiger partial charge in [-0.15, -0.1) is 0 Å². The first-order valence-corrected chi connectivity index (χ1v) is 15.7. The monoisotopic (exact) mass is 596 g/mol. The number of carbonyl (C=O) groups excluding carboxylic acids is 2. The number of esters is 1. The minimum atomic E-state index is -4.96. The number of hydrogen-bond acceptors (Lipinski definition) is 6. The van der Waals surface area contributed by atoms with E-state index in [2.05, 4.69) is 4.52 Å². The van der Waals surface area contributed by atoms with E-state index in [1.54, 1.807) is 19.2 Å². The van der Waals surface area contributed by atoms with Crippen LogP contribution in [0, 0.1) is 28.6 Å². The summed E-state index contributed by atoms with van der Waals surface area (Å²) in [5.74, 6) is -2.88. The largest absolute Gasteiger partial charge is 0.471 e. The minimum absolute atomic E-state index is 0.0147. The van der Waals surface area contributed by atoms with Gasteiger partial charge in [-0.05, 0) is 55.2 Å². The molecule has 0 aromatic carbocycles. The summed E-state index contributed by atoms with van der Waals surface area (Å²) in [6.45, 7) is 5.82. The third-order valence-corrected chi connectivity index (χ3v) is 10.8. The normalized spacial score (nSPS) is 43.8. The maximum atomic E-state index is 18.0. The van der Waals surface area contributed by atoms with Crippen LogP contribution in [0.15, 0.2) is 23.8 Å². The van der Waals surface area contributed by atoms with Crippen molar-refractivity contribution in [1.29, 1.82) is 0 Å². The van der Waals surface area contributed by atoms with E-state index in [-0.39, 0.29) is 42.1 Å². The van der Waals surface area contributed by atoms with Crippen molar-refractivity contribution in [2.75, 3.05) is 12.8 Å². The van der Waals surface area contributed by atoms with Gasteiger partial charge in [0.15, 0.2) is 18.2 Å². The molecule has 0 spiro atoms. The average Bonchev–Trinajstić information content (AvgIpc) is 3.06. The Balaban J connectivity index is 1.89. The van der Waals surface area contributed by atoms with Crippen molar-refractivity contribution in [3.63, 3.8) is 0 Å². The third-order valence-electron chi connectivity index (χ3n) is 9.64. The van der Waals surface area contributed by atoms with Gasteiger partial charge in [-0.3, -0.25) is 14.1 Å². The van der Waals surface area contributed by atoms with Gasteiger partial charge >= 0.3 is 13.8 Å². The second-order valence-corrected chi connectivity index (χ2v) is 13.5. The molecular weight excluding hydrogens is 560 g/mol. The minimum Gasteiger partial charge on any atom is -0.453 e. The zero-order valence-electron chi connectivity index (χ0n) is 22.3. The summed E-state index contributed by atoms with van der Waals surface area (Å²) in [6.07, 6.45) is 0.645. The topological polar surface area (TPSA) is 119 Å². The van der Waals surface area contributed by atoms with Gasteiger partial charge in [0.2, 0.25) is 0 Å². The summed E-state index contributed by atoms with van der Waals surface area (Å²) in [5, 5.41) is 1.60. The molecule has 8 nitrogen and oxygen atoms in total. The Morgan fingerprint density at radius 2 is 1.97 bits per heavy atom. The van der Waals surface area contributed by atoms with Crippen LogP contribution in [0.2, 0.25) is 0 Å². The number of phosphoric acid groups is 1. The van der Waals surface area contributed by atoms with Gasteiger partial charge in [0.25, 0.3) is 0 Å². The fourth-order valence-electron chi connectivity index (χ4n) is 7.83. The zero-order chi connectivity index (χ0) is 29.0. The lowest BCUT2D eigenvalue weighted by Crippen LogP contribution is -2.70. The summed E-state index contributed by atoms with van der Waals surface area (Å²) in [7, 11) is -4.96. The molecule has 2 N–H and O–H groups in total. The molecule has 0 aliphatic heterocycles. The Hall–Kier alpha value is -1.30. The smallest absolute Gasteiger partial charge is 0.453 e. The first-order chi connectivity index (χ1) is 18.1. The third kappa shape index (κ3) is 4.73. The number of alkyl halides is 3. The number of ether oxygens (including phenoxy) is 2. The van der Waals surface area contributed by atoms with Crippen molar-refractivity contribution in [3.05, 3.63) is 23.8 Å². The van der Waals surface area contributed by atoms with Crippen molar-refractivity contribution in [3.8, 4) is 0 Å². The van der Waals surface area contributed by atoms with Crippen molar-refractivity contribution in [2.45, 2.75) is 76.9 Å². The number of allylic oxidation sites excluding steroid dienone is 4. The van der Waals surface area contributed by atoms with Crippen molar-refractivity contribution in [2.24, 2.45) is 28.6 Å². The van der Waals surface area contributed by atoms with Crippen LogP contribution >= 0.6 is 19.2 Å². The molecule has 13 heteroatoms. The molecule has 3 saturated carbocycles. The van der Waals surface area contributed by atoms with E-state index in [1.165, 1.54) is 19.1 Å². The molecule has 3 fully saturated rings. The van der Waals surface area contributed by atoms with Crippen LogP contribution in [0.1, 0.15) is 53.4 Å². The standard InChI is InChI=1S/C26H36F3O8PS/c1-5-22(31)37-25(12-39-13-27)15(2)8-17-18-10-20(28)19-9-16(30)6-7-23(19,3)26(18,29)21(11-24(17,25)4)35-14-36-38(32,33)34/h6-7,9,12,15,17-18,20-21,39H,5,8,10-11,13-14H2,1-4H3,(H2,32,33,34)/t15-,17+,18+,20+,21+,23+,24+,25-,26+/m1/s1. The molecule has 220 valence electrons. The van der Waals surface area contributed by atoms with Crippen molar-refractivity contribution < 1.29 is 51.1 Å². The summed E-state index contributed by atoms with van der Waals surface area (Å²) in [4.78, 5) is 43.2. The lowest BCUT2D eigenvalue weighted by atomic mass is 9.44. The van der Waals surface area contributed by atoms with E-state index >= 15 is 8.78 Å². The van der Waals surface area contributed by atoms with E-state index in [1.807, 2.05) is 6.92 Å². The predicted molar refractivity (Wildman–Crippen MR) is 140 cm³/mol. The summed E-state index contributed by atoms with van der Waals surface area (Å²) < 4.78 is 74.9. The summed E-state index contributed by atoms with van der Waals surface area (Å²) >= 11 is 0.257. The van der Waals surface area contributed by atoms with Crippen LogP contribution in [-0.2, 0) is 28.2 Å². The van der Waals surface area contributed by atoms with Crippen LogP contribution < -0.4 is 0 Å². The summed E-state index contributed by atoms with van der Waals surface area (Å²) in [5.41, 5.74) is -6.31. The molecule has 0 bridgehead atoms. The van der Waals surface area contributed by atoms with E-state index in [4.69, 9.17) is 9.47 Å². The van der Waals surface area contributed by atoms with Gasteiger partial charge in [0.05, 0.1) is 6.10 Å². The van der Waals surface area contributed by atoms with Crippen LogP contribution in [0.3, 0.4) is 0 Å². The second kappa shape index (κ2) is 10.5. The molecule has 0 heterocycles. The fourth-order valence-corrected chi connectivity index (χ4v) is 8.97. The van der Waals surface area contributed by atoms with Gasteiger partial charge in [-0.2, -0.15) is 11.4 Å². The van der Waals surface area contributed by atoms with E-state index in [0.717, 1.165) is 6.08 Å². The number of thiol groups is 1. The molecule has 0 aromatic heterocycles. The molecule has 0 saturated heterocycles. The highest BCUT2D eigenvalue weighted by Gasteiger charge is 2.76. The Morgan fingerprint density at radius 3 is 2.59 bits per heavy atom. The molecule has 0 amide bonds. The molecule has 4 rings (SSSR count). The fraction of sp³-hybridized carbons (Fsp3) is 0.731. The highest BCUT2D eigenvalue weighted by molar-refractivity contribution is 7.97. The first kappa shape index (κ1) is 30.7. The maximum Gasteiger partial charge on any atom is 0.471 e. The summed E-state index contributed by atoms with van der Waals surface area (Å²) in [6, 6.07) is -0.733. The Morgan fingerprint density at radius 1 is 1.28 bits per heavy atom. The SMILES string of the molecule is CCC(=O)O[C@]1(C=[SH]CF)[C@H](C)C[C@H]2[C@@H]3C[C@H](F)C4=CC(=O)C=C[C@]4(C)[C@@]3(F)[C@@H](OCOP(=O)(O)O)C[C@@]21C. The van der Waals surface area contributed by atoms with E-state index < -0.39 is 78.6 Å². The molecule has 4 aliphatic rings. The molecule has 0 unspecified atom stereocenters. The lowest BCUT2D eigenvalue weighted by molar-refractivity contribution is -0.243. The molecule has 9 atom stereocenters. The molecular formula is C26H36F3O8PS. The number of ketones is 1. The zero-order valence-corrected chi connectivity index (χ0v) is 24.1. The molecule has 0 aromatic rings. The number of fused-ring (bicyclic) bond motifs is 5. The number of rotatable bonds is 8. The number of phosphoric ester groups is 1.